The quantitative estimate of drug-likeness (QED) is 0.263. The van der Waals surface area contributed by atoms with Crippen molar-refractivity contribution in [3.63, 3.8) is 0 Å². The Morgan fingerprint density at radius 1 is 1.15 bits per heavy atom. The molecular formula is C31H36ClN3O4. The lowest BCUT2D eigenvalue weighted by molar-refractivity contribution is -0.0308. The van der Waals surface area contributed by atoms with E-state index in [1.165, 1.54) is 0 Å². The third-order valence-corrected chi connectivity index (χ3v) is 8.64. The monoisotopic (exact) mass is 549 g/mol. The molecule has 0 saturated heterocycles. The Kier molecular flexibility index (Phi) is 7.60. The molecular weight excluding hydrogens is 514 g/mol. The number of rotatable bonds is 7. The van der Waals surface area contributed by atoms with Gasteiger partial charge in [-0.3, -0.25) is 10.1 Å². The Labute approximate surface area is 234 Å². The van der Waals surface area contributed by atoms with Crippen molar-refractivity contribution in [2.75, 3.05) is 11.4 Å². The van der Waals surface area contributed by atoms with Crippen molar-refractivity contribution in [2.45, 2.75) is 77.8 Å². The van der Waals surface area contributed by atoms with E-state index < -0.39 is 11.8 Å². The zero-order chi connectivity index (χ0) is 27.9. The largest absolute Gasteiger partial charge is 0.451 e. The number of carbonyl (C=O) groups is 1. The van der Waals surface area contributed by atoms with E-state index >= 15 is 0 Å². The predicted molar refractivity (Wildman–Crippen MR) is 153 cm³/mol. The van der Waals surface area contributed by atoms with Crippen LogP contribution >= 0.6 is 11.6 Å². The molecule has 0 radical (unpaired) electrons. The molecule has 1 aliphatic carbocycles. The Morgan fingerprint density at radius 3 is 2.56 bits per heavy atom. The highest BCUT2D eigenvalue weighted by atomic mass is 35.5. The molecule has 3 N–H and O–H groups in total. The molecule has 1 spiro atoms. The summed E-state index contributed by atoms with van der Waals surface area (Å²) in [5, 5.41) is 14.8. The van der Waals surface area contributed by atoms with E-state index in [0.29, 0.717) is 21.7 Å². The fraction of sp³-hybridized carbons (Fsp3) is 0.419. The van der Waals surface area contributed by atoms with Crippen molar-refractivity contribution in [1.29, 1.82) is 0 Å². The van der Waals surface area contributed by atoms with E-state index in [1.54, 1.807) is 6.07 Å². The van der Waals surface area contributed by atoms with Crippen LogP contribution in [-0.4, -0.2) is 28.6 Å². The minimum absolute atomic E-state index is 0.154. The average molecular weight is 550 g/mol. The van der Waals surface area contributed by atoms with Crippen LogP contribution in [0.5, 0.6) is 0 Å². The van der Waals surface area contributed by atoms with E-state index in [1.807, 2.05) is 57.2 Å². The summed E-state index contributed by atoms with van der Waals surface area (Å²) in [4.78, 5) is 30.1. The molecule has 5 rings (SSSR count). The number of benzene rings is 2. The van der Waals surface area contributed by atoms with Gasteiger partial charge in [0.1, 0.15) is 11.8 Å². The third kappa shape index (κ3) is 5.11. The lowest BCUT2D eigenvalue weighted by Gasteiger charge is -2.42. The number of carbonyl (C=O) groups excluding carboxylic acids is 1. The molecule has 1 fully saturated rings. The molecule has 0 bridgehead atoms. The lowest BCUT2D eigenvalue weighted by Crippen LogP contribution is -2.43. The van der Waals surface area contributed by atoms with Crippen molar-refractivity contribution >= 4 is 23.3 Å². The maximum Gasteiger partial charge on any atom is 0.339 e. The van der Waals surface area contributed by atoms with E-state index in [4.69, 9.17) is 16.3 Å². The van der Waals surface area contributed by atoms with Gasteiger partial charge in [0, 0.05) is 52.2 Å². The first kappa shape index (κ1) is 27.4. The van der Waals surface area contributed by atoms with Gasteiger partial charge < -0.3 is 19.7 Å². The molecule has 1 aliphatic heterocycles. The van der Waals surface area contributed by atoms with Gasteiger partial charge in [-0.15, -0.1) is 0 Å². The number of aryl methyl sites for hydroxylation is 2. The van der Waals surface area contributed by atoms with Gasteiger partial charge >= 0.3 is 5.97 Å². The number of ether oxygens (including phenoxy) is 1. The van der Waals surface area contributed by atoms with Crippen molar-refractivity contribution in [3.8, 4) is 0 Å². The van der Waals surface area contributed by atoms with Crippen molar-refractivity contribution in [2.24, 2.45) is 0 Å². The van der Waals surface area contributed by atoms with Gasteiger partial charge in [-0.1, -0.05) is 29.8 Å². The van der Waals surface area contributed by atoms with Crippen molar-refractivity contribution < 1.29 is 14.6 Å². The molecule has 8 heteroatoms. The summed E-state index contributed by atoms with van der Waals surface area (Å²) in [6.45, 7) is 8.87. The fourth-order valence-electron chi connectivity index (χ4n) is 6.40. The number of nitrogens with one attached hydrogen (secondary N) is 2. The molecule has 1 atom stereocenters. The van der Waals surface area contributed by atoms with Crippen LogP contribution in [-0.2, 0) is 16.9 Å². The van der Waals surface area contributed by atoms with Crippen molar-refractivity contribution in [3.05, 3.63) is 96.9 Å². The van der Waals surface area contributed by atoms with Gasteiger partial charge in [-0.2, -0.15) is 0 Å². The maximum atomic E-state index is 12.5. The number of aliphatic hydroxyl groups is 1. The van der Waals surface area contributed by atoms with Crippen LogP contribution in [0.1, 0.15) is 82.7 Å². The van der Waals surface area contributed by atoms with E-state index in [9.17, 15) is 14.7 Å². The number of hydrogen-bond acceptors (Lipinski definition) is 6. The molecule has 7 nitrogen and oxygen atoms in total. The smallest absolute Gasteiger partial charge is 0.339 e. The Morgan fingerprint density at radius 2 is 1.87 bits per heavy atom. The second kappa shape index (κ2) is 10.8. The number of H-pyrrole nitrogens is 1. The van der Waals surface area contributed by atoms with Crippen LogP contribution < -0.4 is 15.8 Å². The maximum absolute atomic E-state index is 12.5. The SMILES string of the molecule is CCN(c1cc(Cl)cc(C(O)NCc2c(C)cc(C)[nH]c2=O)c1C)C1CCC2(CC1)OC(=O)c1ccccc12. The average Bonchev–Trinajstić information content (AvgIpc) is 3.17. The van der Waals surface area contributed by atoms with Gasteiger partial charge in [0.05, 0.1) is 5.56 Å². The highest BCUT2D eigenvalue weighted by Crippen LogP contribution is 2.48. The first-order chi connectivity index (χ1) is 18.6. The van der Waals surface area contributed by atoms with Crippen molar-refractivity contribution in [1.82, 2.24) is 10.3 Å². The number of aromatic amines is 1. The number of aliphatic hydroxyl groups excluding tert-OH is 1. The highest BCUT2D eigenvalue weighted by molar-refractivity contribution is 6.31. The number of aromatic nitrogens is 1. The Balaban J connectivity index is 1.35. The lowest BCUT2D eigenvalue weighted by atomic mass is 9.77. The first-order valence-electron chi connectivity index (χ1n) is 13.6. The number of nitrogens with zero attached hydrogens (tertiary/aromatic N) is 1. The highest BCUT2D eigenvalue weighted by Gasteiger charge is 2.48. The fourth-order valence-corrected chi connectivity index (χ4v) is 6.62. The Hall–Kier alpha value is -3.13. The standard InChI is InChI=1S/C31H36ClN3O4/c1-5-35(22-10-12-31(13-11-22)26-9-7-6-8-23(26)30(38)39-31)27-16-21(32)15-24(20(27)4)28(36)33-17-25-18(2)14-19(3)34-29(25)37/h6-9,14-16,22,28,33,36H,5,10-13,17H2,1-4H3,(H,34,37). The summed E-state index contributed by atoms with van der Waals surface area (Å²) in [7, 11) is 0. The molecule has 1 unspecified atom stereocenters. The number of fused-ring (bicyclic) bond motifs is 2. The third-order valence-electron chi connectivity index (χ3n) is 8.43. The summed E-state index contributed by atoms with van der Waals surface area (Å²) in [6, 6.07) is 13.6. The minimum Gasteiger partial charge on any atom is -0.451 e. The summed E-state index contributed by atoms with van der Waals surface area (Å²) in [5.74, 6) is -0.226. The van der Waals surface area contributed by atoms with Gasteiger partial charge in [0.25, 0.3) is 5.56 Å². The van der Waals surface area contributed by atoms with Crippen LogP contribution in [0.15, 0.2) is 47.3 Å². The molecule has 2 aliphatic rings. The summed E-state index contributed by atoms with van der Waals surface area (Å²) < 4.78 is 5.96. The van der Waals surface area contributed by atoms with Crippen LogP contribution in [0.3, 0.4) is 0 Å². The summed E-state index contributed by atoms with van der Waals surface area (Å²) in [5.41, 5.74) is 5.88. The summed E-state index contributed by atoms with van der Waals surface area (Å²) in [6.07, 6.45) is 2.26. The van der Waals surface area contributed by atoms with E-state index in [-0.39, 0.29) is 24.1 Å². The Bertz CT molecular complexity index is 1460. The molecule has 2 heterocycles. The number of pyridine rings is 1. The molecule has 206 valence electrons. The summed E-state index contributed by atoms with van der Waals surface area (Å²) >= 11 is 6.58. The van der Waals surface area contributed by atoms with Crippen LogP contribution in [0, 0.1) is 20.8 Å². The molecule has 1 aromatic heterocycles. The number of esters is 1. The van der Waals surface area contributed by atoms with Crippen LogP contribution in [0.2, 0.25) is 5.02 Å². The van der Waals surface area contributed by atoms with Gasteiger partial charge in [-0.25, -0.2) is 4.79 Å². The van der Waals surface area contributed by atoms with Crippen LogP contribution in [0.25, 0.3) is 0 Å². The molecule has 0 amide bonds. The van der Waals surface area contributed by atoms with Gasteiger partial charge in [0.15, 0.2) is 0 Å². The normalized spacial score (nSPS) is 21.1. The van der Waals surface area contributed by atoms with E-state index in [0.717, 1.165) is 60.3 Å². The van der Waals surface area contributed by atoms with Crippen LogP contribution in [0.4, 0.5) is 5.69 Å². The second-order valence-electron chi connectivity index (χ2n) is 10.8. The zero-order valence-electron chi connectivity index (χ0n) is 22.9. The molecule has 3 aromatic rings. The van der Waals surface area contributed by atoms with Gasteiger partial charge in [0.2, 0.25) is 0 Å². The molecule has 1 saturated carbocycles. The molecule has 39 heavy (non-hydrogen) atoms. The number of anilines is 1. The molecule has 2 aromatic carbocycles. The predicted octanol–water partition coefficient (Wildman–Crippen LogP) is 5.57. The van der Waals surface area contributed by atoms with E-state index in [2.05, 4.69) is 22.1 Å². The first-order valence-corrected chi connectivity index (χ1v) is 14.0. The topological polar surface area (TPSA) is 94.7 Å². The van der Waals surface area contributed by atoms with Gasteiger partial charge in [-0.05, 0) is 88.8 Å². The number of hydrogen-bond donors (Lipinski definition) is 3. The second-order valence-corrected chi connectivity index (χ2v) is 11.2. The minimum atomic E-state index is -0.995. The number of halogens is 1. The zero-order valence-corrected chi connectivity index (χ0v) is 23.7.